The molecule has 80 valence electrons. The molecule has 0 N–H and O–H groups in total. The summed E-state index contributed by atoms with van der Waals surface area (Å²) in [6.07, 6.45) is 2.45. The predicted octanol–water partition coefficient (Wildman–Crippen LogP) is 1.20. The van der Waals surface area contributed by atoms with E-state index in [4.69, 9.17) is 10.00 Å². The van der Waals surface area contributed by atoms with Crippen LogP contribution in [-0.4, -0.2) is 17.4 Å². The van der Waals surface area contributed by atoms with Gasteiger partial charge in [0.15, 0.2) is 0 Å². The van der Waals surface area contributed by atoms with Crippen LogP contribution in [0.3, 0.4) is 0 Å². The number of ketones is 1. The van der Waals surface area contributed by atoms with Crippen molar-refractivity contribution in [3.05, 3.63) is 0 Å². The molecule has 0 aliphatic heterocycles. The van der Waals surface area contributed by atoms with Gasteiger partial charge in [0.2, 0.25) is 5.60 Å². The Bertz CT molecular complexity index is 357. The Kier molecular flexibility index (Phi) is 2.26. The molecule has 3 aliphatic carbocycles. The fourth-order valence-corrected chi connectivity index (χ4v) is 2.76. The van der Waals surface area contributed by atoms with E-state index in [9.17, 15) is 9.59 Å². The highest BCUT2D eigenvalue weighted by atomic mass is 16.6. The van der Waals surface area contributed by atoms with Crippen molar-refractivity contribution >= 4 is 11.8 Å². The highest BCUT2D eigenvalue weighted by Crippen LogP contribution is 2.47. The second-order valence-corrected chi connectivity index (χ2v) is 4.44. The van der Waals surface area contributed by atoms with Gasteiger partial charge in [-0.3, -0.25) is 9.59 Å². The number of hydrogen-bond donors (Lipinski definition) is 0. The molecular weight excluding hydrogens is 194 g/mol. The molecule has 3 atom stereocenters. The van der Waals surface area contributed by atoms with Crippen molar-refractivity contribution < 1.29 is 14.3 Å². The lowest BCUT2D eigenvalue weighted by Gasteiger charge is -2.45. The summed E-state index contributed by atoms with van der Waals surface area (Å²) in [5, 5.41) is 9.16. The highest BCUT2D eigenvalue weighted by molar-refractivity contribution is 5.84. The Morgan fingerprint density at radius 2 is 2.33 bits per heavy atom. The molecule has 4 heteroatoms. The van der Waals surface area contributed by atoms with Crippen LogP contribution < -0.4 is 0 Å². The summed E-state index contributed by atoms with van der Waals surface area (Å²) in [5.41, 5.74) is -1.03. The molecule has 0 radical (unpaired) electrons. The van der Waals surface area contributed by atoms with E-state index in [1.165, 1.54) is 6.92 Å². The van der Waals surface area contributed by atoms with Crippen LogP contribution in [0.25, 0.3) is 0 Å². The van der Waals surface area contributed by atoms with Crippen molar-refractivity contribution in [2.45, 2.75) is 38.2 Å². The summed E-state index contributed by atoms with van der Waals surface area (Å²) >= 11 is 0. The zero-order valence-corrected chi connectivity index (χ0v) is 8.66. The molecule has 0 spiro atoms. The number of hydrogen-bond acceptors (Lipinski definition) is 4. The molecule has 0 aromatic heterocycles. The van der Waals surface area contributed by atoms with Gasteiger partial charge in [0, 0.05) is 31.6 Å². The van der Waals surface area contributed by atoms with E-state index in [1.807, 2.05) is 0 Å². The van der Waals surface area contributed by atoms with Gasteiger partial charge in [-0.2, -0.15) is 5.26 Å². The smallest absolute Gasteiger partial charge is 0.304 e. The van der Waals surface area contributed by atoms with Gasteiger partial charge in [0.25, 0.3) is 0 Å². The van der Waals surface area contributed by atoms with Gasteiger partial charge in [-0.05, 0) is 12.8 Å². The van der Waals surface area contributed by atoms with E-state index in [0.29, 0.717) is 12.8 Å². The molecule has 3 saturated carbocycles. The second-order valence-electron chi connectivity index (χ2n) is 4.44. The topological polar surface area (TPSA) is 67.2 Å². The fourth-order valence-electron chi connectivity index (χ4n) is 2.76. The van der Waals surface area contributed by atoms with Crippen molar-refractivity contribution in [2.75, 3.05) is 0 Å². The first kappa shape index (κ1) is 10.2. The Balaban J connectivity index is 2.26. The number of rotatable bonds is 1. The summed E-state index contributed by atoms with van der Waals surface area (Å²) in [4.78, 5) is 22.5. The Hall–Kier alpha value is -1.37. The number of carbonyl (C=O) groups excluding carboxylic acids is 2. The van der Waals surface area contributed by atoms with Crippen LogP contribution in [0.15, 0.2) is 0 Å². The molecule has 0 amide bonds. The van der Waals surface area contributed by atoms with Gasteiger partial charge in [-0.1, -0.05) is 0 Å². The number of Topliss-reactive ketones (excluding diaryl/α,β-unsaturated/α-hetero) is 1. The number of esters is 1. The highest BCUT2D eigenvalue weighted by Gasteiger charge is 2.53. The van der Waals surface area contributed by atoms with E-state index in [0.717, 1.165) is 12.8 Å². The van der Waals surface area contributed by atoms with Gasteiger partial charge >= 0.3 is 5.97 Å². The fraction of sp³-hybridized carbons (Fsp3) is 0.727. The molecular formula is C11H13NO3. The van der Waals surface area contributed by atoms with Gasteiger partial charge in [0.05, 0.1) is 0 Å². The first-order valence-electron chi connectivity index (χ1n) is 5.21. The standard InChI is InChI=1S/C11H13NO3/c1-7(13)15-11(6-12)5-8-2-3-9(11)4-10(8)14/h8-9H,2-5H2,1H3. The van der Waals surface area contributed by atoms with Crippen LogP contribution in [0.4, 0.5) is 0 Å². The van der Waals surface area contributed by atoms with Crippen LogP contribution in [0.2, 0.25) is 0 Å². The Morgan fingerprint density at radius 3 is 2.73 bits per heavy atom. The normalized spacial score (nSPS) is 38.5. The maximum absolute atomic E-state index is 11.5. The third-order valence-corrected chi connectivity index (χ3v) is 3.49. The molecule has 0 saturated heterocycles. The lowest BCUT2D eigenvalue weighted by Crippen LogP contribution is -2.52. The van der Waals surface area contributed by atoms with Crippen molar-refractivity contribution in [1.29, 1.82) is 5.26 Å². The summed E-state index contributed by atoms with van der Waals surface area (Å²) in [6, 6.07) is 2.11. The summed E-state index contributed by atoms with van der Waals surface area (Å²) in [6.45, 7) is 1.31. The summed E-state index contributed by atoms with van der Waals surface area (Å²) < 4.78 is 5.16. The third kappa shape index (κ3) is 1.52. The number of nitrogens with zero attached hydrogens (tertiary/aromatic N) is 1. The second kappa shape index (κ2) is 3.34. The van der Waals surface area contributed by atoms with Gasteiger partial charge < -0.3 is 4.74 Å². The SMILES string of the molecule is CC(=O)OC1(C#N)CC2CCC1CC2=O. The third-order valence-electron chi connectivity index (χ3n) is 3.49. The minimum Gasteiger partial charge on any atom is -0.443 e. The number of ether oxygens (including phenoxy) is 1. The lowest BCUT2D eigenvalue weighted by molar-refractivity contribution is -0.170. The largest absolute Gasteiger partial charge is 0.443 e. The van der Waals surface area contributed by atoms with Crippen LogP contribution in [0, 0.1) is 23.2 Å². The molecule has 3 fully saturated rings. The van der Waals surface area contributed by atoms with E-state index < -0.39 is 11.6 Å². The molecule has 0 aromatic carbocycles. The molecule has 2 bridgehead atoms. The van der Waals surface area contributed by atoms with Crippen LogP contribution in [0.1, 0.15) is 32.6 Å². The number of nitriles is 1. The number of carbonyl (C=O) groups is 2. The minimum absolute atomic E-state index is 0.0750. The van der Waals surface area contributed by atoms with Crippen molar-refractivity contribution in [1.82, 2.24) is 0 Å². The molecule has 0 heterocycles. The predicted molar refractivity (Wildman–Crippen MR) is 50.6 cm³/mol. The first-order valence-corrected chi connectivity index (χ1v) is 5.21. The quantitative estimate of drug-likeness (QED) is 0.606. The van der Waals surface area contributed by atoms with E-state index in [1.54, 1.807) is 0 Å². The van der Waals surface area contributed by atoms with E-state index in [2.05, 4.69) is 6.07 Å². The van der Waals surface area contributed by atoms with Gasteiger partial charge in [-0.15, -0.1) is 0 Å². The molecule has 3 unspecified atom stereocenters. The zero-order chi connectivity index (χ0) is 11.1. The molecule has 3 rings (SSSR count). The molecule has 15 heavy (non-hydrogen) atoms. The van der Waals surface area contributed by atoms with E-state index in [-0.39, 0.29) is 17.6 Å². The zero-order valence-electron chi connectivity index (χ0n) is 8.66. The van der Waals surface area contributed by atoms with Gasteiger partial charge in [-0.25, -0.2) is 0 Å². The minimum atomic E-state index is -1.03. The Morgan fingerprint density at radius 1 is 1.60 bits per heavy atom. The molecule has 0 aromatic rings. The Labute approximate surface area is 88.2 Å². The molecule has 4 nitrogen and oxygen atoms in total. The average molecular weight is 207 g/mol. The monoisotopic (exact) mass is 207 g/mol. The molecule has 3 aliphatic rings. The van der Waals surface area contributed by atoms with Crippen molar-refractivity contribution in [3.8, 4) is 6.07 Å². The lowest BCUT2D eigenvalue weighted by atomic mass is 9.62. The average Bonchev–Trinajstić information content (AvgIpc) is 2.19. The van der Waals surface area contributed by atoms with E-state index >= 15 is 0 Å². The van der Waals surface area contributed by atoms with Crippen molar-refractivity contribution in [3.63, 3.8) is 0 Å². The van der Waals surface area contributed by atoms with Crippen LogP contribution >= 0.6 is 0 Å². The van der Waals surface area contributed by atoms with Crippen molar-refractivity contribution in [2.24, 2.45) is 11.8 Å². The maximum atomic E-state index is 11.5. The number of fused-ring (bicyclic) bond motifs is 3. The first-order chi connectivity index (χ1) is 7.07. The van der Waals surface area contributed by atoms with Crippen LogP contribution in [0.5, 0.6) is 0 Å². The van der Waals surface area contributed by atoms with Crippen LogP contribution in [-0.2, 0) is 14.3 Å². The summed E-state index contributed by atoms with van der Waals surface area (Å²) in [5.74, 6) is -0.376. The summed E-state index contributed by atoms with van der Waals surface area (Å²) in [7, 11) is 0. The maximum Gasteiger partial charge on any atom is 0.304 e. The van der Waals surface area contributed by atoms with Gasteiger partial charge in [0.1, 0.15) is 11.9 Å².